The zero-order valence-corrected chi connectivity index (χ0v) is 11.6. The fourth-order valence-electron chi connectivity index (χ4n) is 3.43. The zero-order valence-electron chi connectivity index (χ0n) is 11.6. The van der Waals surface area contributed by atoms with Crippen molar-refractivity contribution in [3.05, 3.63) is 29.8 Å². The number of rotatable bonds is 1. The number of carbonyl (C=O) groups is 1. The highest BCUT2D eigenvalue weighted by molar-refractivity contribution is 5.82. The number of halogens is 3. The Morgan fingerprint density at radius 1 is 1.36 bits per heavy atom. The SMILES string of the molecule is C#CC1CCC[C@@H]2c3ccccc3O[C@]12NC(=O)C(F)(F)F. The number of terminal acetylenes is 1. The smallest absolute Gasteiger partial charge is 0.466 e. The summed E-state index contributed by atoms with van der Waals surface area (Å²) >= 11 is 0. The predicted molar refractivity (Wildman–Crippen MR) is 72.9 cm³/mol. The summed E-state index contributed by atoms with van der Waals surface area (Å²) in [6.45, 7) is 0. The van der Waals surface area contributed by atoms with Gasteiger partial charge in [0.05, 0.1) is 5.92 Å². The predicted octanol–water partition coefficient (Wildman–Crippen LogP) is 2.97. The van der Waals surface area contributed by atoms with E-state index < -0.39 is 23.7 Å². The van der Waals surface area contributed by atoms with E-state index in [1.54, 1.807) is 24.3 Å². The normalized spacial score (nSPS) is 29.7. The first-order valence-electron chi connectivity index (χ1n) is 7.02. The summed E-state index contributed by atoms with van der Waals surface area (Å²) in [7, 11) is 0. The van der Waals surface area contributed by atoms with E-state index >= 15 is 0 Å². The van der Waals surface area contributed by atoms with E-state index in [9.17, 15) is 18.0 Å². The third-order valence-corrected chi connectivity index (χ3v) is 4.36. The van der Waals surface area contributed by atoms with Crippen LogP contribution >= 0.6 is 0 Å². The number of ether oxygens (including phenoxy) is 1. The molecule has 3 rings (SSSR count). The number of hydrogen-bond donors (Lipinski definition) is 1. The van der Waals surface area contributed by atoms with Crippen molar-refractivity contribution >= 4 is 5.91 Å². The molecule has 6 heteroatoms. The first-order valence-corrected chi connectivity index (χ1v) is 7.02. The first-order chi connectivity index (χ1) is 10.4. The third kappa shape index (κ3) is 2.12. The molecule has 1 aromatic carbocycles. The molecule has 1 aliphatic heterocycles. The Labute approximate surface area is 125 Å². The highest BCUT2D eigenvalue weighted by Crippen LogP contribution is 2.53. The van der Waals surface area contributed by atoms with Crippen molar-refractivity contribution in [3.8, 4) is 18.1 Å². The van der Waals surface area contributed by atoms with Crippen molar-refractivity contribution in [2.45, 2.75) is 37.1 Å². The van der Waals surface area contributed by atoms with Gasteiger partial charge < -0.3 is 10.1 Å². The molecule has 1 unspecified atom stereocenters. The van der Waals surface area contributed by atoms with Gasteiger partial charge in [0.25, 0.3) is 0 Å². The quantitative estimate of drug-likeness (QED) is 0.810. The standard InChI is InChI=1S/C16H14F3NO2/c1-2-10-6-5-8-12-11-7-3-4-9-13(11)22-15(10,12)20-14(21)16(17,18)19/h1,3-4,7,9-10,12H,5-6,8H2,(H,20,21)/t10?,12-,15-/m1/s1. The average molecular weight is 309 g/mol. The largest absolute Gasteiger partial charge is 0.471 e. The van der Waals surface area contributed by atoms with E-state index in [0.717, 1.165) is 12.0 Å². The molecule has 116 valence electrons. The summed E-state index contributed by atoms with van der Waals surface area (Å²) in [5, 5.41) is 2.05. The number of carbonyl (C=O) groups excluding carboxylic acids is 1. The van der Waals surface area contributed by atoms with Crippen LogP contribution in [0.15, 0.2) is 24.3 Å². The van der Waals surface area contributed by atoms with Crippen molar-refractivity contribution < 1.29 is 22.7 Å². The minimum Gasteiger partial charge on any atom is -0.466 e. The van der Waals surface area contributed by atoms with Crippen LogP contribution in [0.1, 0.15) is 30.7 Å². The molecule has 3 nitrogen and oxygen atoms in total. The van der Waals surface area contributed by atoms with Crippen molar-refractivity contribution in [2.24, 2.45) is 5.92 Å². The molecule has 1 saturated carbocycles. The number of hydrogen-bond acceptors (Lipinski definition) is 2. The maximum Gasteiger partial charge on any atom is 0.471 e. The Morgan fingerprint density at radius 2 is 2.09 bits per heavy atom. The van der Waals surface area contributed by atoms with E-state index in [4.69, 9.17) is 11.2 Å². The number of alkyl halides is 3. The number of fused-ring (bicyclic) bond motifs is 3. The van der Waals surface area contributed by atoms with E-state index in [0.29, 0.717) is 18.6 Å². The summed E-state index contributed by atoms with van der Waals surface area (Å²) in [5.41, 5.74) is -0.714. The van der Waals surface area contributed by atoms with Gasteiger partial charge in [-0.25, -0.2) is 0 Å². The molecule has 0 bridgehead atoms. The van der Waals surface area contributed by atoms with Crippen LogP contribution in [0.3, 0.4) is 0 Å². The molecule has 1 fully saturated rings. The Hall–Kier alpha value is -2.16. The van der Waals surface area contributed by atoms with E-state index in [1.165, 1.54) is 0 Å². The van der Waals surface area contributed by atoms with E-state index in [1.807, 2.05) is 0 Å². The molecule has 1 N–H and O–H groups in total. The van der Waals surface area contributed by atoms with Crippen LogP contribution in [0, 0.1) is 18.3 Å². The van der Waals surface area contributed by atoms with Crippen LogP contribution in [-0.4, -0.2) is 17.8 Å². The molecule has 0 spiro atoms. The molecule has 0 radical (unpaired) electrons. The third-order valence-electron chi connectivity index (χ3n) is 4.36. The van der Waals surface area contributed by atoms with Gasteiger partial charge in [0.2, 0.25) is 5.72 Å². The molecule has 22 heavy (non-hydrogen) atoms. The van der Waals surface area contributed by atoms with Gasteiger partial charge in [-0.2, -0.15) is 13.2 Å². The van der Waals surface area contributed by atoms with Gasteiger partial charge >= 0.3 is 12.1 Å². The van der Waals surface area contributed by atoms with Crippen molar-refractivity contribution in [1.82, 2.24) is 5.32 Å². The second-order valence-corrected chi connectivity index (χ2v) is 5.59. The van der Waals surface area contributed by atoms with Crippen LogP contribution in [0.5, 0.6) is 5.75 Å². The maximum atomic E-state index is 12.7. The lowest BCUT2D eigenvalue weighted by molar-refractivity contribution is -0.182. The Balaban J connectivity index is 2.04. The summed E-state index contributed by atoms with van der Waals surface area (Å²) in [5.74, 6) is -0.0138. The molecule has 0 saturated heterocycles. The lowest BCUT2D eigenvalue weighted by Gasteiger charge is -2.42. The van der Waals surface area contributed by atoms with Crippen molar-refractivity contribution in [3.63, 3.8) is 0 Å². The fraction of sp³-hybridized carbons (Fsp3) is 0.438. The van der Waals surface area contributed by atoms with Crippen molar-refractivity contribution in [1.29, 1.82) is 0 Å². The van der Waals surface area contributed by atoms with E-state index in [-0.39, 0.29) is 5.92 Å². The van der Waals surface area contributed by atoms with Gasteiger partial charge in [0, 0.05) is 11.5 Å². The molecule has 3 atom stereocenters. The van der Waals surface area contributed by atoms with Crippen LogP contribution in [0.25, 0.3) is 0 Å². The van der Waals surface area contributed by atoms with Gasteiger partial charge in [-0.15, -0.1) is 6.42 Å². The highest BCUT2D eigenvalue weighted by atomic mass is 19.4. The summed E-state index contributed by atoms with van der Waals surface area (Å²) in [6.07, 6.45) is 2.43. The molecule has 0 aromatic heterocycles. The molecular weight excluding hydrogens is 295 g/mol. The molecule has 1 aromatic rings. The zero-order chi connectivity index (χ0) is 16.0. The summed E-state index contributed by atoms with van der Waals surface area (Å²) < 4.78 is 43.9. The topological polar surface area (TPSA) is 38.3 Å². The molecule has 1 amide bonds. The monoisotopic (exact) mass is 309 g/mol. The Bertz CT molecular complexity index is 650. The first kappa shape index (κ1) is 14.8. The average Bonchev–Trinajstić information content (AvgIpc) is 2.79. The van der Waals surface area contributed by atoms with Gasteiger partial charge in [-0.3, -0.25) is 4.79 Å². The molecule has 2 aliphatic rings. The summed E-state index contributed by atoms with van der Waals surface area (Å²) in [6, 6.07) is 7.02. The van der Waals surface area contributed by atoms with Crippen LogP contribution in [0.2, 0.25) is 0 Å². The number of amides is 1. The minimum absolute atomic E-state index is 0.371. The molecular formula is C16H14F3NO2. The molecule has 1 aliphatic carbocycles. The number of benzene rings is 1. The van der Waals surface area contributed by atoms with Gasteiger partial charge in [0.15, 0.2) is 0 Å². The van der Waals surface area contributed by atoms with Crippen molar-refractivity contribution in [2.75, 3.05) is 0 Å². The van der Waals surface area contributed by atoms with Crippen LogP contribution < -0.4 is 10.1 Å². The molecule has 1 heterocycles. The fourth-order valence-corrected chi connectivity index (χ4v) is 3.43. The van der Waals surface area contributed by atoms with Crippen LogP contribution in [-0.2, 0) is 4.79 Å². The second-order valence-electron chi connectivity index (χ2n) is 5.59. The van der Waals surface area contributed by atoms with Gasteiger partial charge in [0.1, 0.15) is 5.75 Å². The number of nitrogens with one attached hydrogen (secondary N) is 1. The van der Waals surface area contributed by atoms with Gasteiger partial charge in [-0.05, 0) is 18.9 Å². The van der Waals surface area contributed by atoms with Gasteiger partial charge in [-0.1, -0.05) is 30.5 Å². The lowest BCUT2D eigenvalue weighted by atomic mass is 9.72. The second kappa shape index (κ2) is 4.94. The van der Waals surface area contributed by atoms with E-state index in [2.05, 4.69) is 11.2 Å². The maximum absolute atomic E-state index is 12.7. The highest BCUT2D eigenvalue weighted by Gasteiger charge is 2.58. The summed E-state index contributed by atoms with van der Waals surface area (Å²) in [4.78, 5) is 11.5. The van der Waals surface area contributed by atoms with Crippen LogP contribution in [0.4, 0.5) is 13.2 Å². The number of para-hydroxylation sites is 1. The minimum atomic E-state index is -4.98. The lowest BCUT2D eigenvalue weighted by Crippen LogP contribution is -2.62. The Morgan fingerprint density at radius 3 is 2.77 bits per heavy atom. The Kier molecular flexibility index (Phi) is 3.32.